The summed E-state index contributed by atoms with van der Waals surface area (Å²) in [4.78, 5) is 0. The molecule has 0 bridgehead atoms. The molecule has 3 heteroatoms. The van der Waals surface area contributed by atoms with Crippen molar-refractivity contribution in [1.82, 2.24) is 0 Å². The largest absolute Gasteiger partial charge is 0.393 e. The van der Waals surface area contributed by atoms with Gasteiger partial charge in [0.2, 0.25) is 0 Å². The molecule has 14 heavy (non-hydrogen) atoms. The van der Waals surface area contributed by atoms with Crippen LogP contribution in [0.5, 0.6) is 0 Å². The molecule has 0 radical (unpaired) electrons. The van der Waals surface area contributed by atoms with Crippen molar-refractivity contribution in [2.75, 3.05) is 0 Å². The van der Waals surface area contributed by atoms with E-state index in [4.69, 9.17) is 11.6 Å². The Balaban J connectivity index is 2.63. The molecular formula is C11H14ClFO. The summed E-state index contributed by atoms with van der Waals surface area (Å²) in [6.45, 7) is 2.01. The fraction of sp³-hybridized carbons (Fsp3) is 0.455. The van der Waals surface area contributed by atoms with E-state index in [9.17, 15) is 9.50 Å². The van der Waals surface area contributed by atoms with Crippen molar-refractivity contribution in [1.29, 1.82) is 0 Å². The van der Waals surface area contributed by atoms with Gasteiger partial charge in [0.15, 0.2) is 0 Å². The summed E-state index contributed by atoms with van der Waals surface area (Å²) in [6.07, 6.45) is 1.88. The third-order valence-electron chi connectivity index (χ3n) is 2.08. The van der Waals surface area contributed by atoms with Gasteiger partial charge in [-0.05, 0) is 30.5 Å². The molecule has 0 amide bonds. The smallest absolute Gasteiger partial charge is 0.141 e. The molecule has 0 aromatic heterocycles. The average molecular weight is 217 g/mol. The van der Waals surface area contributed by atoms with Crippen LogP contribution in [0.1, 0.15) is 25.3 Å². The normalized spacial score (nSPS) is 12.9. The number of aliphatic hydroxyl groups excluding tert-OH is 1. The molecule has 0 saturated heterocycles. The Morgan fingerprint density at radius 3 is 2.79 bits per heavy atom. The standard InChI is InChI=1S/C11H14ClFO/c1-2-3-9(14)6-8-4-5-11(13)10(12)7-8/h4-5,7,9,14H,2-3,6H2,1H3. The molecule has 1 aromatic rings. The van der Waals surface area contributed by atoms with Gasteiger partial charge in [-0.1, -0.05) is 31.0 Å². The maximum atomic E-state index is 12.8. The van der Waals surface area contributed by atoms with Crippen molar-refractivity contribution in [3.05, 3.63) is 34.6 Å². The first-order valence-corrected chi connectivity index (χ1v) is 5.13. The zero-order chi connectivity index (χ0) is 10.6. The molecule has 1 atom stereocenters. The fourth-order valence-electron chi connectivity index (χ4n) is 1.37. The van der Waals surface area contributed by atoms with Crippen LogP contribution in [0.2, 0.25) is 5.02 Å². The van der Waals surface area contributed by atoms with E-state index in [0.717, 1.165) is 18.4 Å². The monoisotopic (exact) mass is 216 g/mol. The molecule has 0 aliphatic rings. The molecule has 0 aliphatic carbocycles. The van der Waals surface area contributed by atoms with Crippen molar-refractivity contribution in [2.45, 2.75) is 32.3 Å². The summed E-state index contributed by atoms with van der Waals surface area (Å²) in [5.41, 5.74) is 0.873. The fourth-order valence-corrected chi connectivity index (χ4v) is 1.58. The number of halogens is 2. The second-order valence-electron chi connectivity index (χ2n) is 3.40. The lowest BCUT2D eigenvalue weighted by atomic mass is 10.0. The topological polar surface area (TPSA) is 20.2 Å². The molecule has 0 aliphatic heterocycles. The van der Waals surface area contributed by atoms with Crippen LogP contribution in [0.3, 0.4) is 0 Å². The molecule has 0 spiro atoms. The summed E-state index contributed by atoms with van der Waals surface area (Å²) >= 11 is 5.62. The molecule has 0 saturated carbocycles. The second-order valence-corrected chi connectivity index (χ2v) is 3.80. The van der Waals surface area contributed by atoms with Crippen LogP contribution >= 0.6 is 11.6 Å². The van der Waals surface area contributed by atoms with Crippen molar-refractivity contribution in [3.63, 3.8) is 0 Å². The van der Waals surface area contributed by atoms with Crippen molar-refractivity contribution in [3.8, 4) is 0 Å². The Hall–Kier alpha value is -0.600. The van der Waals surface area contributed by atoms with Gasteiger partial charge in [0.1, 0.15) is 5.82 Å². The molecule has 0 heterocycles. The first-order valence-electron chi connectivity index (χ1n) is 4.75. The van der Waals surface area contributed by atoms with E-state index in [-0.39, 0.29) is 11.1 Å². The third-order valence-corrected chi connectivity index (χ3v) is 2.37. The van der Waals surface area contributed by atoms with Gasteiger partial charge in [-0.2, -0.15) is 0 Å². The van der Waals surface area contributed by atoms with E-state index in [2.05, 4.69) is 0 Å². The van der Waals surface area contributed by atoms with Gasteiger partial charge in [-0.3, -0.25) is 0 Å². The Bertz CT molecular complexity index is 301. The minimum Gasteiger partial charge on any atom is -0.393 e. The number of rotatable bonds is 4. The van der Waals surface area contributed by atoms with E-state index in [0.29, 0.717) is 6.42 Å². The molecule has 1 unspecified atom stereocenters. The van der Waals surface area contributed by atoms with Gasteiger partial charge in [-0.15, -0.1) is 0 Å². The predicted octanol–water partition coefficient (Wildman–Crippen LogP) is 3.18. The van der Waals surface area contributed by atoms with Gasteiger partial charge in [0, 0.05) is 0 Å². The SMILES string of the molecule is CCCC(O)Cc1ccc(F)c(Cl)c1. The molecule has 1 N–H and O–H groups in total. The van der Waals surface area contributed by atoms with Crippen LogP contribution in [0.15, 0.2) is 18.2 Å². The first kappa shape index (κ1) is 11.5. The number of aliphatic hydroxyl groups is 1. The van der Waals surface area contributed by atoms with Gasteiger partial charge >= 0.3 is 0 Å². The molecule has 1 rings (SSSR count). The Labute approximate surface area is 88.5 Å². The van der Waals surface area contributed by atoms with Gasteiger partial charge in [0.05, 0.1) is 11.1 Å². The van der Waals surface area contributed by atoms with Crippen LogP contribution in [0, 0.1) is 5.82 Å². The minimum absolute atomic E-state index is 0.117. The quantitative estimate of drug-likeness (QED) is 0.820. The lowest BCUT2D eigenvalue weighted by Crippen LogP contribution is -2.09. The Kier molecular flexibility index (Phi) is 4.36. The zero-order valence-corrected chi connectivity index (χ0v) is 8.89. The number of benzene rings is 1. The van der Waals surface area contributed by atoms with E-state index < -0.39 is 5.82 Å². The van der Waals surface area contributed by atoms with Crippen LogP contribution in [-0.4, -0.2) is 11.2 Å². The van der Waals surface area contributed by atoms with Gasteiger partial charge in [-0.25, -0.2) is 4.39 Å². The van der Waals surface area contributed by atoms with Gasteiger partial charge in [0.25, 0.3) is 0 Å². The third kappa shape index (κ3) is 3.28. The predicted molar refractivity (Wildman–Crippen MR) is 56.0 cm³/mol. The summed E-state index contributed by atoms with van der Waals surface area (Å²) in [6, 6.07) is 4.55. The maximum absolute atomic E-state index is 12.8. The highest BCUT2D eigenvalue weighted by molar-refractivity contribution is 6.30. The Morgan fingerprint density at radius 2 is 2.21 bits per heavy atom. The maximum Gasteiger partial charge on any atom is 0.141 e. The highest BCUT2D eigenvalue weighted by atomic mass is 35.5. The van der Waals surface area contributed by atoms with Crippen LogP contribution in [0.4, 0.5) is 4.39 Å². The van der Waals surface area contributed by atoms with Crippen molar-refractivity contribution in [2.24, 2.45) is 0 Å². The zero-order valence-electron chi connectivity index (χ0n) is 8.13. The lowest BCUT2D eigenvalue weighted by molar-refractivity contribution is 0.164. The van der Waals surface area contributed by atoms with E-state index >= 15 is 0 Å². The number of hydrogen-bond donors (Lipinski definition) is 1. The molecule has 78 valence electrons. The Morgan fingerprint density at radius 1 is 1.50 bits per heavy atom. The molecule has 0 fully saturated rings. The summed E-state index contributed by atoms with van der Waals surface area (Å²) in [5.74, 6) is -0.416. The summed E-state index contributed by atoms with van der Waals surface area (Å²) in [5, 5.41) is 9.64. The van der Waals surface area contributed by atoms with Gasteiger partial charge < -0.3 is 5.11 Å². The van der Waals surface area contributed by atoms with E-state index in [1.165, 1.54) is 6.07 Å². The van der Waals surface area contributed by atoms with Crippen molar-refractivity contribution >= 4 is 11.6 Å². The molecule has 1 aromatic carbocycles. The van der Waals surface area contributed by atoms with E-state index in [1.54, 1.807) is 12.1 Å². The molecular weight excluding hydrogens is 203 g/mol. The summed E-state index contributed by atoms with van der Waals surface area (Å²) < 4.78 is 12.8. The number of hydrogen-bond acceptors (Lipinski definition) is 1. The average Bonchev–Trinajstić information content (AvgIpc) is 2.12. The second kappa shape index (κ2) is 5.32. The molecule has 1 nitrogen and oxygen atoms in total. The first-order chi connectivity index (χ1) is 6.63. The highest BCUT2D eigenvalue weighted by Gasteiger charge is 2.06. The van der Waals surface area contributed by atoms with Crippen molar-refractivity contribution < 1.29 is 9.50 Å². The van der Waals surface area contributed by atoms with Crippen LogP contribution in [-0.2, 0) is 6.42 Å². The lowest BCUT2D eigenvalue weighted by Gasteiger charge is -2.09. The van der Waals surface area contributed by atoms with E-state index in [1.807, 2.05) is 6.92 Å². The van der Waals surface area contributed by atoms with Crippen LogP contribution in [0.25, 0.3) is 0 Å². The summed E-state index contributed by atoms with van der Waals surface area (Å²) in [7, 11) is 0. The van der Waals surface area contributed by atoms with Crippen LogP contribution < -0.4 is 0 Å². The minimum atomic E-state index is -0.416. The highest BCUT2D eigenvalue weighted by Crippen LogP contribution is 2.17.